The first-order chi connectivity index (χ1) is 33.5. The third-order valence-electron chi connectivity index (χ3n) is 9.52. The van der Waals surface area contributed by atoms with Gasteiger partial charge in [-0.2, -0.15) is 6.42 Å². The summed E-state index contributed by atoms with van der Waals surface area (Å²) in [5.74, 6) is 0.807. The normalized spacial score (nSPS) is 11.8. The van der Waals surface area contributed by atoms with Gasteiger partial charge in [-0.05, 0) is 125 Å². The molecule has 12 nitrogen and oxygen atoms in total. The maximum absolute atomic E-state index is 5.60. The second-order valence-corrected chi connectivity index (χ2v) is 16.1. The van der Waals surface area contributed by atoms with E-state index in [-0.39, 0.29) is 67.7 Å². The molecule has 0 aromatic rings. The average Bonchev–Trinajstić information content (AvgIpc) is 3.95. The Balaban J connectivity index is -0.000000104. The number of rotatable bonds is 46. The minimum atomic E-state index is -0.472. The molecule has 0 aromatic carbocycles. The van der Waals surface area contributed by atoms with Crippen LogP contribution < -0.4 is 12.4 Å². The molecular formula is C55H112Cl2Mg2O12. The van der Waals surface area contributed by atoms with Crippen LogP contribution in [-0.2, 0) is 56.8 Å². The van der Waals surface area contributed by atoms with Gasteiger partial charge in [0.15, 0.2) is 6.29 Å². The van der Waals surface area contributed by atoms with E-state index in [1.165, 1.54) is 116 Å². The minimum Gasteiger partial charge on any atom is -1.00 e. The topological polar surface area (TPSA) is 111 Å². The van der Waals surface area contributed by atoms with Crippen LogP contribution in [0.15, 0.2) is 36.5 Å². The smallest absolute Gasteiger partial charge is 1.00 e. The van der Waals surface area contributed by atoms with E-state index < -0.39 is 6.48 Å². The summed E-state index contributed by atoms with van der Waals surface area (Å²) in [6.45, 7) is 21.9. The summed E-state index contributed by atoms with van der Waals surface area (Å²) in [7, 11) is 4.92. The van der Waals surface area contributed by atoms with Gasteiger partial charge in [-0.25, -0.2) is 0 Å². The Kier molecular flexibility index (Phi) is 106. The Morgan fingerprint density at radius 1 is 0.465 bits per heavy atom. The first-order valence-corrected chi connectivity index (χ1v) is 27.2. The SMILES string of the molecule is C1CCOC1.CCOC(CCCCCCC/C=C/CCOCOC)OCC.CCOC(OCC)OCC.COCOCC/C=C/CCCCCCCCl.[CH2-]CCCCCC/C=C/CCOCOC.[Cl-].[H-].[H-].[Mg+2].[Mg+2]. The van der Waals surface area contributed by atoms with Crippen LogP contribution in [0.25, 0.3) is 0 Å². The van der Waals surface area contributed by atoms with Crippen molar-refractivity contribution < 1.29 is 72.1 Å². The Morgan fingerprint density at radius 3 is 1.10 bits per heavy atom. The van der Waals surface area contributed by atoms with E-state index in [4.69, 9.17) is 68.4 Å². The van der Waals surface area contributed by atoms with E-state index in [1.807, 2.05) is 34.6 Å². The molecule has 0 unspecified atom stereocenters. The number of hydrogen-bond donors (Lipinski definition) is 0. The van der Waals surface area contributed by atoms with Gasteiger partial charge in [-0.1, -0.05) is 94.2 Å². The standard InChI is InChI=1S/C18H36O4.C13H25ClO2.C13H25O2.C7H16O3.C4H8O.ClH.2Mg.2H/c1-4-21-18(22-5-2)15-13-11-9-7-6-8-10-12-14-16-20-17-19-3;1-15-13-16-12-10-8-6-4-2-3-5-7-9-11-14;1-3-4-5-6-7-8-9-10-11-12-15-13-14-2;1-4-8-7(9-5-2)10-6-3;1-2-4-5-3-1;;;;;/h10,12,18H,4-9,11,13-17H2,1-3H3;6,8H,2-5,7,9-13H2,1H3;9-10H,1,3-8,11-13H2,2H3;7H,4-6H2,1-3H3;1-4H2;1H;;;;/q;;-1;;;;2*+2;2*-1/p-1/b12-10+;8-6+;10-9+;;;;;;;. The van der Waals surface area contributed by atoms with Gasteiger partial charge < -0.3 is 79.0 Å². The molecule has 0 aromatic heterocycles. The fraction of sp³-hybridized carbons (Fsp3) is 0.873. The molecule has 1 heterocycles. The molecule has 1 saturated heterocycles. The van der Waals surface area contributed by atoms with Gasteiger partial charge in [0.2, 0.25) is 0 Å². The molecule has 0 spiro atoms. The first-order valence-electron chi connectivity index (χ1n) is 26.7. The molecule has 0 aliphatic carbocycles. The van der Waals surface area contributed by atoms with Gasteiger partial charge in [0.25, 0.3) is 6.48 Å². The number of unbranched alkanes of at least 4 members (excludes halogenated alkanes) is 15. The van der Waals surface area contributed by atoms with E-state index in [0.29, 0.717) is 40.2 Å². The van der Waals surface area contributed by atoms with Crippen molar-refractivity contribution in [2.24, 2.45) is 0 Å². The molecular weight excluding hydrogens is 972 g/mol. The maximum Gasteiger partial charge on any atom is 2.00 e. The Morgan fingerprint density at radius 2 is 0.789 bits per heavy atom. The Hall–Kier alpha value is 0.852. The second-order valence-electron chi connectivity index (χ2n) is 15.7. The molecule has 0 bridgehead atoms. The van der Waals surface area contributed by atoms with Crippen LogP contribution in [0.5, 0.6) is 0 Å². The van der Waals surface area contributed by atoms with E-state index in [9.17, 15) is 0 Å². The van der Waals surface area contributed by atoms with Gasteiger partial charge in [-0.3, -0.25) is 0 Å². The summed E-state index contributed by atoms with van der Waals surface area (Å²) in [5.41, 5.74) is 0. The van der Waals surface area contributed by atoms with Crippen LogP contribution in [0.2, 0.25) is 0 Å². The van der Waals surface area contributed by atoms with Gasteiger partial charge in [-0.15, -0.1) is 11.6 Å². The molecule has 0 atom stereocenters. The van der Waals surface area contributed by atoms with Crippen molar-refractivity contribution in [2.45, 2.75) is 201 Å². The largest absolute Gasteiger partial charge is 2.00 e. The van der Waals surface area contributed by atoms with Crippen LogP contribution in [0.4, 0.5) is 0 Å². The summed E-state index contributed by atoms with van der Waals surface area (Å²) in [6.07, 6.45) is 42.4. The van der Waals surface area contributed by atoms with E-state index in [0.717, 1.165) is 90.7 Å². The van der Waals surface area contributed by atoms with Crippen LogP contribution in [-0.4, -0.2) is 173 Å². The van der Waals surface area contributed by atoms with Crippen molar-refractivity contribution in [1.29, 1.82) is 0 Å². The fourth-order valence-corrected chi connectivity index (χ4v) is 6.21. The predicted molar refractivity (Wildman–Crippen MR) is 298 cm³/mol. The summed E-state index contributed by atoms with van der Waals surface area (Å²) in [4.78, 5) is 0. The number of hydrogen-bond acceptors (Lipinski definition) is 12. The van der Waals surface area contributed by atoms with Crippen molar-refractivity contribution >= 4 is 57.7 Å². The minimum absolute atomic E-state index is 0. The third kappa shape index (κ3) is 90.7. The third-order valence-corrected chi connectivity index (χ3v) is 9.78. The van der Waals surface area contributed by atoms with Crippen molar-refractivity contribution in [3.05, 3.63) is 43.4 Å². The van der Waals surface area contributed by atoms with E-state index in [1.54, 1.807) is 21.3 Å². The zero-order valence-electron chi connectivity index (χ0n) is 49.3. The van der Waals surface area contributed by atoms with Crippen molar-refractivity contribution in [3.8, 4) is 0 Å². The zero-order chi connectivity index (χ0) is 50.8. The summed E-state index contributed by atoms with van der Waals surface area (Å²) >= 11 is 5.60. The Labute approximate surface area is 485 Å². The van der Waals surface area contributed by atoms with Gasteiger partial charge >= 0.3 is 46.1 Å². The maximum atomic E-state index is 5.60. The molecule has 0 saturated carbocycles. The molecule has 16 heteroatoms. The molecule has 1 rings (SSSR count). The number of methoxy groups -OCH3 is 3. The Bertz CT molecular complexity index is 914. The zero-order valence-corrected chi connectivity index (χ0v) is 51.6. The number of halogens is 2. The van der Waals surface area contributed by atoms with E-state index >= 15 is 0 Å². The first kappa shape index (κ1) is 85.8. The summed E-state index contributed by atoms with van der Waals surface area (Å²) in [5, 5.41) is 0. The van der Waals surface area contributed by atoms with E-state index in [2.05, 4.69) is 43.4 Å². The number of alkyl halides is 1. The quantitative estimate of drug-likeness (QED) is 0.0145. The molecule has 1 aliphatic heterocycles. The van der Waals surface area contributed by atoms with Gasteiger partial charge in [0, 0.05) is 73.5 Å². The van der Waals surface area contributed by atoms with Crippen LogP contribution >= 0.6 is 11.6 Å². The molecule has 0 radical (unpaired) electrons. The molecule has 0 N–H and O–H groups in total. The number of ether oxygens (including phenoxy) is 12. The van der Waals surface area contributed by atoms with Crippen molar-refractivity contribution in [3.63, 3.8) is 0 Å². The molecule has 1 fully saturated rings. The molecule has 0 amide bonds. The molecule has 1 aliphatic rings. The monoisotopic (exact) mass is 1080 g/mol. The predicted octanol–water partition coefficient (Wildman–Crippen LogP) is 11.2. The summed E-state index contributed by atoms with van der Waals surface area (Å²) < 4.78 is 61.2. The molecule has 71 heavy (non-hydrogen) atoms. The van der Waals surface area contributed by atoms with Crippen molar-refractivity contribution in [2.75, 3.05) is 114 Å². The van der Waals surface area contributed by atoms with Crippen LogP contribution in [0.3, 0.4) is 0 Å². The van der Waals surface area contributed by atoms with Crippen LogP contribution in [0, 0.1) is 6.92 Å². The molecule has 422 valence electrons. The van der Waals surface area contributed by atoms with Crippen molar-refractivity contribution in [1.82, 2.24) is 0 Å². The second kappa shape index (κ2) is 87.5. The number of allylic oxidation sites excluding steroid dienone is 3. The van der Waals surface area contributed by atoms with Crippen LogP contribution in [0.1, 0.15) is 192 Å². The van der Waals surface area contributed by atoms with Gasteiger partial charge in [0.1, 0.15) is 20.4 Å². The van der Waals surface area contributed by atoms with Gasteiger partial charge in [0.05, 0.1) is 19.8 Å². The average molecular weight is 1090 g/mol. The fourth-order valence-electron chi connectivity index (χ4n) is 6.02. The summed E-state index contributed by atoms with van der Waals surface area (Å²) in [6, 6.07) is 0.